The molecule has 0 fully saturated rings. The predicted octanol–water partition coefficient (Wildman–Crippen LogP) is 10.3. The third kappa shape index (κ3) is 4.12. The Kier molecular flexibility index (Phi) is 6.01. The number of nitrogens with zero attached hydrogens (tertiary/aromatic N) is 2. The van der Waals surface area contributed by atoms with Crippen LogP contribution in [-0.4, -0.2) is 10.6 Å². The number of aromatic nitrogens is 1. The molecule has 0 atom stereocenters. The van der Waals surface area contributed by atoms with Crippen molar-refractivity contribution >= 4 is 44.9 Å². The maximum absolute atomic E-state index is 2.48. The lowest BCUT2D eigenvalue weighted by Crippen LogP contribution is -2.28. The standard InChI is InChI=1S/C37H34N2S/c1-25(2)38-33-18-9-10-19-35(33)40-36-22-26(20-21-34(36)38)24-37(3,4)27-12-11-13-28(23-27)39-31-16-7-5-14-29(31)30-15-6-8-17-32(30)39/h5-23,25H,24H2,1-4H3. The van der Waals surface area contributed by atoms with Crippen molar-refractivity contribution in [3.8, 4) is 5.69 Å². The van der Waals surface area contributed by atoms with Gasteiger partial charge >= 0.3 is 0 Å². The van der Waals surface area contributed by atoms with Crippen molar-refractivity contribution in [1.82, 2.24) is 4.57 Å². The lowest BCUT2D eigenvalue weighted by atomic mass is 9.79. The minimum atomic E-state index is -0.0298. The van der Waals surface area contributed by atoms with E-state index < -0.39 is 0 Å². The molecule has 0 N–H and O–H groups in total. The van der Waals surface area contributed by atoms with Gasteiger partial charge in [0.05, 0.1) is 22.4 Å². The van der Waals surface area contributed by atoms with Crippen LogP contribution in [0.3, 0.4) is 0 Å². The van der Waals surface area contributed by atoms with Crippen molar-refractivity contribution in [3.05, 3.63) is 126 Å². The second-order valence-corrected chi connectivity index (χ2v) is 12.9. The maximum atomic E-state index is 2.48. The second-order valence-electron chi connectivity index (χ2n) is 11.8. The Morgan fingerprint density at radius 3 is 2.02 bits per heavy atom. The molecule has 40 heavy (non-hydrogen) atoms. The minimum Gasteiger partial charge on any atom is -0.337 e. The van der Waals surface area contributed by atoms with Crippen LogP contribution in [0, 0.1) is 0 Å². The van der Waals surface area contributed by atoms with Crippen molar-refractivity contribution in [2.45, 2.75) is 55.4 Å². The first-order chi connectivity index (χ1) is 19.4. The number of fused-ring (bicyclic) bond motifs is 5. The summed E-state index contributed by atoms with van der Waals surface area (Å²) in [5.41, 5.74) is 9.04. The smallest absolute Gasteiger partial charge is 0.0555 e. The zero-order valence-electron chi connectivity index (χ0n) is 23.6. The summed E-state index contributed by atoms with van der Waals surface area (Å²) < 4.78 is 2.41. The van der Waals surface area contributed by atoms with Gasteiger partial charge in [-0.15, -0.1) is 0 Å². The number of hydrogen-bond donors (Lipinski definition) is 0. The largest absolute Gasteiger partial charge is 0.337 e. The molecule has 1 aliphatic heterocycles. The Balaban J connectivity index is 1.25. The normalized spacial score (nSPS) is 13.2. The van der Waals surface area contributed by atoms with Crippen molar-refractivity contribution in [2.75, 3.05) is 4.90 Å². The highest BCUT2D eigenvalue weighted by atomic mass is 32.2. The monoisotopic (exact) mass is 538 g/mol. The molecule has 0 saturated carbocycles. The maximum Gasteiger partial charge on any atom is 0.0555 e. The van der Waals surface area contributed by atoms with Gasteiger partial charge in [0.2, 0.25) is 0 Å². The lowest BCUT2D eigenvalue weighted by Gasteiger charge is -2.36. The zero-order chi connectivity index (χ0) is 27.4. The molecule has 7 rings (SSSR count). The summed E-state index contributed by atoms with van der Waals surface area (Å²) in [5.74, 6) is 0. The van der Waals surface area contributed by atoms with E-state index in [2.05, 4.69) is 152 Å². The van der Waals surface area contributed by atoms with Gasteiger partial charge in [0, 0.05) is 32.3 Å². The summed E-state index contributed by atoms with van der Waals surface area (Å²) in [6.45, 7) is 9.30. The van der Waals surface area contributed by atoms with Gasteiger partial charge < -0.3 is 9.47 Å². The summed E-state index contributed by atoms with van der Waals surface area (Å²) in [5, 5.41) is 2.60. The van der Waals surface area contributed by atoms with Crippen molar-refractivity contribution < 1.29 is 0 Å². The Bertz CT molecular complexity index is 1820. The van der Waals surface area contributed by atoms with Crippen molar-refractivity contribution in [3.63, 3.8) is 0 Å². The molecule has 2 heterocycles. The fraction of sp³-hybridized carbons (Fsp3) is 0.189. The summed E-state index contributed by atoms with van der Waals surface area (Å²) >= 11 is 1.90. The van der Waals surface area contributed by atoms with Crippen LogP contribution in [-0.2, 0) is 11.8 Å². The van der Waals surface area contributed by atoms with Gasteiger partial charge in [-0.05, 0) is 85.3 Å². The fourth-order valence-corrected chi connectivity index (χ4v) is 7.51. The molecule has 0 unspecified atom stereocenters. The molecule has 0 saturated heterocycles. The average molecular weight is 539 g/mol. The molecule has 3 heteroatoms. The molecular formula is C37H34N2S. The first-order valence-electron chi connectivity index (χ1n) is 14.2. The number of anilines is 2. The summed E-state index contributed by atoms with van der Waals surface area (Å²) in [4.78, 5) is 5.16. The lowest BCUT2D eigenvalue weighted by molar-refractivity contribution is 0.521. The van der Waals surface area contributed by atoms with E-state index in [1.54, 1.807) is 0 Å². The van der Waals surface area contributed by atoms with Crippen LogP contribution in [0.25, 0.3) is 27.5 Å². The molecule has 0 radical (unpaired) electrons. The highest BCUT2D eigenvalue weighted by Crippen LogP contribution is 2.49. The van der Waals surface area contributed by atoms with E-state index in [-0.39, 0.29) is 5.41 Å². The number of hydrogen-bond acceptors (Lipinski definition) is 2. The highest BCUT2D eigenvalue weighted by molar-refractivity contribution is 7.99. The molecule has 0 amide bonds. The Labute approximate surface area is 241 Å². The van der Waals surface area contributed by atoms with Crippen molar-refractivity contribution in [2.24, 2.45) is 0 Å². The Morgan fingerprint density at radius 2 is 1.30 bits per heavy atom. The first kappa shape index (κ1) is 25.0. The quantitative estimate of drug-likeness (QED) is 0.216. The van der Waals surface area contributed by atoms with Crippen LogP contribution in [0.5, 0.6) is 0 Å². The molecule has 6 aromatic rings. The Morgan fingerprint density at radius 1 is 0.650 bits per heavy atom. The van der Waals surface area contributed by atoms with Gasteiger partial charge in [0.15, 0.2) is 0 Å². The van der Waals surface area contributed by atoms with E-state index >= 15 is 0 Å². The summed E-state index contributed by atoms with van der Waals surface area (Å²) in [7, 11) is 0. The minimum absolute atomic E-state index is 0.0298. The van der Waals surface area contributed by atoms with Gasteiger partial charge in [0.25, 0.3) is 0 Å². The van der Waals surface area contributed by atoms with Crippen LogP contribution in [0.15, 0.2) is 125 Å². The van der Waals surface area contributed by atoms with Crippen LogP contribution < -0.4 is 4.90 Å². The topological polar surface area (TPSA) is 8.17 Å². The van der Waals surface area contributed by atoms with Gasteiger partial charge in [0.1, 0.15) is 0 Å². The van der Waals surface area contributed by atoms with Crippen molar-refractivity contribution in [1.29, 1.82) is 0 Å². The van der Waals surface area contributed by atoms with Crippen LogP contribution in [0.2, 0.25) is 0 Å². The molecule has 198 valence electrons. The van der Waals surface area contributed by atoms with Crippen LogP contribution >= 0.6 is 11.8 Å². The van der Waals surface area contributed by atoms with E-state index in [0.717, 1.165) is 6.42 Å². The molecule has 1 aromatic heterocycles. The summed E-state index contributed by atoms with van der Waals surface area (Å²) in [6, 6.07) is 42.9. The molecule has 0 spiro atoms. The first-order valence-corrected chi connectivity index (χ1v) is 15.0. The molecular weight excluding hydrogens is 504 g/mol. The fourth-order valence-electron chi connectivity index (χ4n) is 6.38. The van der Waals surface area contributed by atoms with Crippen LogP contribution in [0.1, 0.15) is 38.8 Å². The molecule has 2 nitrogen and oxygen atoms in total. The highest BCUT2D eigenvalue weighted by Gasteiger charge is 2.27. The zero-order valence-corrected chi connectivity index (χ0v) is 24.4. The van der Waals surface area contributed by atoms with Gasteiger partial charge in [-0.3, -0.25) is 0 Å². The third-order valence-electron chi connectivity index (χ3n) is 8.26. The van der Waals surface area contributed by atoms with E-state index in [0.29, 0.717) is 6.04 Å². The van der Waals surface area contributed by atoms with Gasteiger partial charge in [-0.1, -0.05) is 92.3 Å². The van der Waals surface area contributed by atoms with E-state index in [9.17, 15) is 0 Å². The molecule has 1 aliphatic rings. The number of benzene rings is 5. The van der Waals surface area contributed by atoms with E-state index in [1.807, 2.05) is 11.8 Å². The van der Waals surface area contributed by atoms with E-state index in [1.165, 1.54) is 59.8 Å². The number of para-hydroxylation sites is 3. The predicted molar refractivity (Wildman–Crippen MR) is 172 cm³/mol. The van der Waals surface area contributed by atoms with Gasteiger partial charge in [-0.25, -0.2) is 0 Å². The molecule has 5 aromatic carbocycles. The number of rotatable bonds is 5. The average Bonchev–Trinajstić information content (AvgIpc) is 3.30. The van der Waals surface area contributed by atoms with Gasteiger partial charge in [-0.2, -0.15) is 0 Å². The van der Waals surface area contributed by atoms with Crippen LogP contribution in [0.4, 0.5) is 11.4 Å². The molecule has 0 bridgehead atoms. The summed E-state index contributed by atoms with van der Waals surface area (Å²) in [6.07, 6.45) is 0.973. The SMILES string of the molecule is CC(C)N1c2ccccc2Sc2cc(CC(C)(C)c3cccc(-n4c5ccccc5c5ccccc54)c3)ccc21. The Hall–Kier alpha value is -3.95. The molecule has 0 aliphatic carbocycles. The third-order valence-corrected chi connectivity index (χ3v) is 9.37. The second kappa shape index (κ2) is 9.60. The van der Waals surface area contributed by atoms with E-state index in [4.69, 9.17) is 0 Å².